The van der Waals surface area contributed by atoms with Gasteiger partial charge in [0, 0.05) is 23.7 Å². The zero-order valence-corrected chi connectivity index (χ0v) is 15.1. The lowest BCUT2D eigenvalue weighted by Crippen LogP contribution is -2.40. The highest BCUT2D eigenvalue weighted by Gasteiger charge is 2.16. The number of carbonyl (C=O) groups excluding carboxylic acids is 2. The molecular formula is C18H18Cl2N2O3. The van der Waals surface area contributed by atoms with Gasteiger partial charge in [-0.15, -0.1) is 0 Å². The van der Waals surface area contributed by atoms with E-state index < -0.39 is 6.10 Å². The molecule has 0 aliphatic heterocycles. The second-order valence-electron chi connectivity index (χ2n) is 5.25. The Balaban J connectivity index is 1.73. The first-order valence-corrected chi connectivity index (χ1v) is 8.45. The first-order chi connectivity index (χ1) is 12.0. The average Bonchev–Trinajstić information content (AvgIpc) is 2.61. The molecule has 1 unspecified atom stereocenters. The Labute approximate surface area is 156 Å². The van der Waals surface area contributed by atoms with Gasteiger partial charge >= 0.3 is 0 Å². The van der Waals surface area contributed by atoms with Gasteiger partial charge in [-0.2, -0.15) is 0 Å². The molecule has 7 heteroatoms. The van der Waals surface area contributed by atoms with Crippen molar-refractivity contribution in [1.82, 2.24) is 10.6 Å². The van der Waals surface area contributed by atoms with E-state index in [1.165, 1.54) is 0 Å². The van der Waals surface area contributed by atoms with Crippen LogP contribution in [0.15, 0.2) is 48.5 Å². The smallest absolute Gasteiger partial charge is 0.260 e. The topological polar surface area (TPSA) is 67.4 Å². The summed E-state index contributed by atoms with van der Waals surface area (Å²) in [5, 5.41) is 6.25. The van der Waals surface area contributed by atoms with Crippen molar-refractivity contribution in [2.24, 2.45) is 0 Å². The van der Waals surface area contributed by atoms with Crippen molar-refractivity contribution >= 4 is 35.0 Å². The molecule has 2 N–H and O–H groups in total. The van der Waals surface area contributed by atoms with Crippen LogP contribution in [-0.2, 0) is 4.79 Å². The summed E-state index contributed by atoms with van der Waals surface area (Å²) in [6.45, 7) is 2.22. The van der Waals surface area contributed by atoms with Crippen LogP contribution in [0.25, 0.3) is 0 Å². The Hall–Kier alpha value is -2.24. The van der Waals surface area contributed by atoms with Crippen LogP contribution in [0.1, 0.15) is 17.3 Å². The first kappa shape index (κ1) is 19.1. The fourth-order valence-electron chi connectivity index (χ4n) is 2.01. The van der Waals surface area contributed by atoms with Crippen LogP contribution in [-0.4, -0.2) is 31.0 Å². The maximum Gasteiger partial charge on any atom is 0.260 e. The third-order valence-corrected chi connectivity index (χ3v) is 3.84. The van der Waals surface area contributed by atoms with Gasteiger partial charge in [-0.1, -0.05) is 41.4 Å². The summed E-state index contributed by atoms with van der Waals surface area (Å²) in [7, 11) is 0. The van der Waals surface area contributed by atoms with Crippen LogP contribution in [0.3, 0.4) is 0 Å². The van der Waals surface area contributed by atoms with Crippen LogP contribution in [0.2, 0.25) is 10.0 Å². The SMILES string of the molecule is CC(Oc1ccc(Cl)cc1Cl)C(=O)NCCNC(=O)c1ccccc1. The third kappa shape index (κ3) is 5.96. The maximum absolute atomic E-state index is 12.0. The molecule has 0 aliphatic carbocycles. The predicted molar refractivity (Wildman–Crippen MR) is 98.3 cm³/mol. The van der Waals surface area contributed by atoms with E-state index in [1.807, 2.05) is 6.07 Å². The van der Waals surface area contributed by atoms with Crippen LogP contribution < -0.4 is 15.4 Å². The van der Waals surface area contributed by atoms with Crippen LogP contribution in [0.4, 0.5) is 0 Å². The Kier molecular flexibility index (Phi) is 7.10. The van der Waals surface area contributed by atoms with E-state index in [-0.39, 0.29) is 11.8 Å². The molecule has 0 saturated heterocycles. The molecule has 1 atom stereocenters. The van der Waals surface area contributed by atoms with Gasteiger partial charge in [0.15, 0.2) is 6.10 Å². The van der Waals surface area contributed by atoms with Gasteiger partial charge in [0.25, 0.3) is 11.8 Å². The summed E-state index contributed by atoms with van der Waals surface area (Å²) in [5.41, 5.74) is 0.572. The van der Waals surface area contributed by atoms with Crippen molar-refractivity contribution in [1.29, 1.82) is 0 Å². The Morgan fingerprint density at radius 1 is 1.04 bits per heavy atom. The van der Waals surface area contributed by atoms with E-state index in [2.05, 4.69) is 10.6 Å². The third-order valence-electron chi connectivity index (χ3n) is 3.31. The number of benzene rings is 2. The summed E-state index contributed by atoms with van der Waals surface area (Å²) in [5.74, 6) is -0.113. The molecule has 25 heavy (non-hydrogen) atoms. The number of nitrogens with one attached hydrogen (secondary N) is 2. The lowest BCUT2D eigenvalue weighted by Gasteiger charge is -2.16. The monoisotopic (exact) mass is 380 g/mol. The molecule has 2 rings (SSSR count). The van der Waals surface area contributed by atoms with E-state index >= 15 is 0 Å². The number of amides is 2. The largest absolute Gasteiger partial charge is 0.479 e. The van der Waals surface area contributed by atoms with Crippen LogP contribution in [0.5, 0.6) is 5.75 Å². The van der Waals surface area contributed by atoms with Crippen LogP contribution in [0, 0.1) is 0 Å². The molecule has 0 spiro atoms. The zero-order chi connectivity index (χ0) is 18.2. The molecule has 0 radical (unpaired) electrons. The van der Waals surface area contributed by atoms with Gasteiger partial charge in [-0.3, -0.25) is 9.59 Å². The minimum Gasteiger partial charge on any atom is -0.479 e. The van der Waals surface area contributed by atoms with Gasteiger partial charge in [-0.05, 0) is 37.3 Å². The standard InChI is InChI=1S/C18H18Cl2N2O3/c1-12(25-16-8-7-14(19)11-15(16)20)17(23)21-9-10-22-18(24)13-5-3-2-4-6-13/h2-8,11-12H,9-10H2,1H3,(H,21,23)(H,22,24). The van der Waals surface area contributed by atoms with E-state index in [1.54, 1.807) is 49.4 Å². The lowest BCUT2D eigenvalue weighted by molar-refractivity contribution is -0.127. The molecule has 0 fully saturated rings. The minimum atomic E-state index is -0.733. The van der Waals surface area contributed by atoms with Gasteiger partial charge in [0.1, 0.15) is 5.75 Å². The molecule has 0 heterocycles. The minimum absolute atomic E-state index is 0.188. The summed E-state index contributed by atoms with van der Waals surface area (Å²) in [4.78, 5) is 23.9. The van der Waals surface area contributed by atoms with E-state index in [9.17, 15) is 9.59 Å². The van der Waals surface area contributed by atoms with Crippen molar-refractivity contribution < 1.29 is 14.3 Å². The number of halogens is 2. The number of ether oxygens (including phenoxy) is 1. The molecule has 2 amide bonds. The molecule has 2 aromatic carbocycles. The molecule has 5 nitrogen and oxygen atoms in total. The maximum atomic E-state index is 12.0. The predicted octanol–water partition coefficient (Wildman–Crippen LogP) is 3.31. The van der Waals surface area contributed by atoms with Crippen molar-refractivity contribution in [2.75, 3.05) is 13.1 Å². The Morgan fingerprint density at radius 2 is 1.72 bits per heavy atom. The van der Waals surface area contributed by atoms with Gasteiger partial charge in [0.05, 0.1) is 5.02 Å². The fourth-order valence-corrected chi connectivity index (χ4v) is 2.46. The molecule has 0 bridgehead atoms. The first-order valence-electron chi connectivity index (χ1n) is 7.70. The van der Waals surface area contributed by atoms with E-state index in [0.29, 0.717) is 34.4 Å². The second-order valence-corrected chi connectivity index (χ2v) is 6.09. The molecular weight excluding hydrogens is 363 g/mol. The number of carbonyl (C=O) groups is 2. The van der Waals surface area contributed by atoms with Crippen LogP contribution >= 0.6 is 23.2 Å². The summed E-state index contributed by atoms with van der Waals surface area (Å²) >= 11 is 11.8. The highest BCUT2D eigenvalue weighted by molar-refractivity contribution is 6.35. The van der Waals surface area contributed by atoms with E-state index in [4.69, 9.17) is 27.9 Å². The Morgan fingerprint density at radius 3 is 2.40 bits per heavy atom. The highest BCUT2D eigenvalue weighted by Crippen LogP contribution is 2.28. The van der Waals surface area contributed by atoms with Gasteiger partial charge in [0.2, 0.25) is 0 Å². The number of hydrogen-bond acceptors (Lipinski definition) is 3. The number of rotatable bonds is 7. The van der Waals surface area contributed by atoms with Crippen molar-refractivity contribution in [3.05, 3.63) is 64.1 Å². The summed E-state index contributed by atoms with van der Waals surface area (Å²) < 4.78 is 5.52. The number of hydrogen-bond donors (Lipinski definition) is 2. The second kappa shape index (κ2) is 9.30. The van der Waals surface area contributed by atoms with Crippen molar-refractivity contribution in [3.63, 3.8) is 0 Å². The zero-order valence-electron chi connectivity index (χ0n) is 13.6. The van der Waals surface area contributed by atoms with E-state index in [0.717, 1.165) is 0 Å². The molecule has 132 valence electrons. The quantitative estimate of drug-likeness (QED) is 0.724. The molecule has 0 aromatic heterocycles. The summed E-state index contributed by atoms with van der Waals surface area (Å²) in [6, 6.07) is 13.6. The Bertz CT molecular complexity index is 738. The van der Waals surface area contributed by atoms with Crippen molar-refractivity contribution in [2.45, 2.75) is 13.0 Å². The molecule has 2 aromatic rings. The van der Waals surface area contributed by atoms with Gasteiger partial charge in [-0.25, -0.2) is 0 Å². The molecule has 0 saturated carbocycles. The lowest BCUT2D eigenvalue weighted by atomic mass is 10.2. The average molecular weight is 381 g/mol. The van der Waals surface area contributed by atoms with Crippen molar-refractivity contribution in [3.8, 4) is 5.75 Å². The van der Waals surface area contributed by atoms with Gasteiger partial charge < -0.3 is 15.4 Å². The molecule has 0 aliphatic rings. The summed E-state index contributed by atoms with van der Waals surface area (Å²) in [6.07, 6.45) is -0.733. The fraction of sp³-hybridized carbons (Fsp3) is 0.222. The highest BCUT2D eigenvalue weighted by atomic mass is 35.5. The normalized spacial score (nSPS) is 11.5.